The van der Waals surface area contributed by atoms with Crippen LogP contribution in [-0.4, -0.2) is 131 Å². The number of nitrogens with two attached hydrogens (primary N) is 5. The second-order valence-corrected chi connectivity index (χ2v) is 34.4. The van der Waals surface area contributed by atoms with Crippen molar-refractivity contribution in [3.05, 3.63) is 242 Å². The first kappa shape index (κ1) is 122. The number of nitrogen functional groups attached to an aromatic ring is 2. The number of hydrogen-bond acceptors (Lipinski definition) is 24. The minimum Gasteiger partial charge on any atom is -1.00 e. The van der Waals surface area contributed by atoms with Crippen LogP contribution in [0.25, 0.3) is 24.2 Å². The molecule has 8 aromatic rings. The number of alkyl halides is 1. The number of ketones is 2. The average molecular weight is 1990 g/mol. The number of esters is 2. The minimum atomic E-state index is -3.22. The number of aromatic amines is 1. The molecule has 12 N–H and O–H groups in total. The number of methoxy groups -OCH3 is 6. The molecule has 6 aromatic carbocycles. The fourth-order valence-electron chi connectivity index (χ4n) is 9.81. The molecule has 669 valence electrons. The van der Waals surface area contributed by atoms with Gasteiger partial charge in [-0.15, -0.1) is 0 Å². The summed E-state index contributed by atoms with van der Waals surface area (Å²) in [5, 5.41) is 3.87. The summed E-state index contributed by atoms with van der Waals surface area (Å²) in [6.45, 7) is 51.1. The van der Waals surface area contributed by atoms with Crippen molar-refractivity contribution in [2.75, 3.05) is 79.3 Å². The predicted molar refractivity (Wildman–Crippen MR) is 511 cm³/mol. The van der Waals surface area contributed by atoms with Crippen LogP contribution in [0.2, 0.25) is 5.15 Å². The number of aromatic nitrogens is 4. The summed E-state index contributed by atoms with van der Waals surface area (Å²) >= 11 is 31.7. The Hall–Kier alpha value is -9.45. The molecule has 8 rings (SSSR count). The van der Waals surface area contributed by atoms with Gasteiger partial charge in [0.05, 0.1) is 94.4 Å². The van der Waals surface area contributed by atoms with Gasteiger partial charge < -0.3 is 68.0 Å². The molecule has 1 radical (unpaired) electrons. The Morgan fingerprint density at radius 1 is 0.632 bits per heavy atom. The number of hydrogen-bond donors (Lipinski definition) is 8. The smallest absolute Gasteiger partial charge is 1.00 e. The van der Waals surface area contributed by atoms with E-state index in [0.29, 0.717) is 98.5 Å². The fourth-order valence-corrected chi connectivity index (χ4v) is 11.5. The summed E-state index contributed by atoms with van der Waals surface area (Å²) in [5.74, 6) is 3.31. The van der Waals surface area contributed by atoms with Crippen LogP contribution in [0.4, 0.5) is 40.3 Å². The van der Waals surface area contributed by atoms with E-state index in [0.717, 1.165) is 60.8 Å². The van der Waals surface area contributed by atoms with Crippen LogP contribution in [0, 0.1) is 71.9 Å². The number of rotatable bonds is 25. The Labute approximate surface area is 803 Å². The quantitative estimate of drug-likeness (QED) is 0.00252. The number of thioether (sulfide) groups is 1. The molecule has 41 heteroatoms. The number of nitrogens with zero attached hydrogens (tertiary/aromatic N) is 9. The number of nitrogens with one attached hydrogen (secondary N) is 2. The topological polar surface area (TPSA) is 419 Å². The molecule has 0 fully saturated rings. The summed E-state index contributed by atoms with van der Waals surface area (Å²) in [4.78, 5) is 87.4. The standard InChI is InChI=1S/C15H17NO4.C14H13ClN4O.C14H14N4O2.C9H8BrNO.C9H9NO.C8H9BrO.C8H19NS.C6H10O3.CH5N3.BHNS.Cl3OP.Na.H/c1-5-20-15(18)13(10(2)17)9-11-8-12(16-3)6-7-14(11)19-4;1-8-11(13(15)19-14(16)18-8)7-9-6-10(17-2)4-5-12(9)20-3;1-8-11(13(19)18-14(15)17-8)7-9-6-10(16-2)4-5-12(9)20-3;1-11-8-3-4-9(12-2)7(5-8)6-10;1-7-6-8(10-2)4-5-9(7)11-3;1-6-5-7(9)3-4-8(6)10-2;1-3-4-5-8(9)6-7-10-2;1-3-9-6(8)4-5(2)7;2-1(3)4;1-2-3;1-5(2,3)4;;/h6-8,13H,5,9H2,1-2,4H3;4-6H,7H2,1,3H3,(H2,16,18,19);4-6H,7H2,1,3H3,(H3,15,17,18,19);3-5H,6H2,2H3;4-6H,1,3H3;3-5H,1-2H3;8H,3-7,9H2,1-2H3;3-4H2,1-2H3;(H5,2,3,4);3H;;;/q;;;;;;;;;;;+1;-1/t;;;;;;8-;;;;;;/m......0....../s1. The zero-order chi connectivity index (χ0) is 95.2. The normalized spacial score (nSPS) is 9.90. The molecule has 0 spiro atoms. The van der Waals surface area contributed by atoms with Gasteiger partial charge in [-0.05, 0) is 233 Å². The molecule has 0 saturated carbocycles. The fraction of sp³-hybridized carbons (Fsp3) is 0.357. The molecule has 0 aliphatic heterocycles. The number of unbranched alkanes of at least 4 members (excludes halogenated alkanes) is 1. The molecular weight excluding hydrogens is 1890 g/mol. The van der Waals surface area contributed by atoms with Gasteiger partial charge in [-0.2, -0.15) is 11.8 Å². The van der Waals surface area contributed by atoms with Crippen molar-refractivity contribution in [3.63, 3.8) is 0 Å². The maximum absolute atomic E-state index is 11.9. The van der Waals surface area contributed by atoms with E-state index in [1.807, 2.05) is 75.0 Å². The molecule has 2 atom stereocenters. The summed E-state index contributed by atoms with van der Waals surface area (Å²) in [5.41, 5.74) is 36.3. The van der Waals surface area contributed by atoms with Gasteiger partial charge in [0.15, 0.2) is 34.4 Å². The van der Waals surface area contributed by atoms with E-state index < -0.39 is 23.1 Å². The Balaban J connectivity index is -0.000000440. The van der Waals surface area contributed by atoms with E-state index in [2.05, 4.69) is 164 Å². The van der Waals surface area contributed by atoms with Crippen molar-refractivity contribution < 1.29 is 92.6 Å². The third-order valence-electron chi connectivity index (χ3n) is 15.5. The Morgan fingerprint density at radius 2 is 1.00 bits per heavy atom. The number of aryl methyl sites for hydroxylation is 4. The van der Waals surface area contributed by atoms with Crippen molar-refractivity contribution in [1.29, 1.82) is 5.41 Å². The van der Waals surface area contributed by atoms with Gasteiger partial charge in [0, 0.05) is 45.5 Å². The van der Waals surface area contributed by atoms with Gasteiger partial charge in [-0.3, -0.25) is 38.9 Å². The number of carbonyl (C=O) groups is 4. The Morgan fingerprint density at radius 3 is 1.35 bits per heavy atom. The van der Waals surface area contributed by atoms with E-state index in [1.54, 1.807) is 123 Å². The first-order valence-corrected chi connectivity index (χ1v) is 45.2. The summed E-state index contributed by atoms with van der Waals surface area (Å²) in [6, 6.07) is 32.4. The summed E-state index contributed by atoms with van der Waals surface area (Å²) in [7, 11) is 13.9. The number of halogens is 6. The first-order chi connectivity index (χ1) is 58.6. The molecular formula is C84H106BBr2Cl4N16NaO14PS2. The van der Waals surface area contributed by atoms with Crippen LogP contribution in [0.5, 0.6) is 34.5 Å². The largest absolute Gasteiger partial charge is 1.00 e. The SMILES string of the molecule is CCCC[C@H](N)CCSC.CCOC(=O)CC(C)=O.COc1ccc(Br)cc1C.N=C(N)N.O=P(Cl)(Cl)Cl.[B]=NS.[C-]#[N+]c1ccc(OC)c(C)c1.[C-]#[N+]c1ccc(OC)c(CBr)c1.[C-]#[N+]c1ccc(OC)c(CC(C(C)=O)C(=O)OCC)c1.[C-]#[N+]c1ccc(OC)c(Cc2c(C)nc(N)[nH]c2=O)c1.[C-]#[N+]c1ccc(OC)c(Cc2c(C)nc(N)nc2Cl)c1.[H-].[Na+]. The monoisotopic (exact) mass is 1990 g/mol. The van der Waals surface area contributed by atoms with Crippen LogP contribution in [-0.2, 0) is 57.8 Å². The number of H-pyrrole nitrogens is 1. The predicted octanol–water partition coefficient (Wildman–Crippen LogP) is 17.7. The van der Waals surface area contributed by atoms with Gasteiger partial charge in [-0.25, -0.2) is 39.2 Å². The third kappa shape index (κ3) is 54.9. The number of ether oxygens (including phenoxy) is 8. The number of Topliss-reactive ketones (excluding diaryl/α,β-unsaturated/α-hetero) is 2. The Bertz CT molecular complexity index is 5030. The maximum Gasteiger partial charge on any atom is 1.00 e. The van der Waals surface area contributed by atoms with Crippen LogP contribution < -0.4 is 92.2 Å². The van der Waals surface area contributed by atoms with Crippen LogP contribution in [0.15, 0.2) is 123 Å². The third-order valence-corrected chi connectivity index (χ3v) is 17.6. The molecule has 2 heterocycles. The molecule has 30 nitrogen and oxygen atoms in total. The van der Waals surface area contributed by atoms with Crippen LogP contribution in [0.3, 0.4) is 0 Å². The molecule has 0 bridgehead atoms. The molecule has 0 aliphatic carbocycles. The van der Waals surface area contributed by atoms with Gasteiger partial charge in [0.1, 0.15) is 63.6 Å². The van der Waals surface area contributed by atoms with E-state index in [4.69, 9.17) is 100 Å². The molecule has 0 amide bonds. The number of benzene rings is 6. The van der Waals surface area contributed by atoms with Crippen LogP contribution in [0.1, 0.15) is 124 Å². The summed E-state index contributed by atoms with van der Waals surface area (Å²) in [6.07, 6.45) is 7.96. The molecule has 0 saturated heterocycles. The molecule has 2 aromatic heterocycles. The van der Waals surface area contributed by atoms with E-state index >= 15 is 0 Å². The second-order valence-electron chi connectivity index (χ2n) is 24.7. The van der Waals surface area contributed by atoms with Crippen LogP contribution >= 0.6 is 107 Å². The number of guanidine groups is 1. The molecule has 1 unspecified atom stereocenters. The van der Waals surface area contributed by atoms with Gasteiger partial charge in [0.2, 0.25) is 11.9 Å². The van der Waals surface area contributed by atoms with Crippen molar-refractivity contribution in [3.8, 4) is 34.5 Å². The second kappa shape index (κ2) is 70.7. The molecule has 0 aliphatic rings. The maximum atomic E-state index is 11.9. The zero-order valence-corrected chi connectivity index (χ0v) is 83.6. The number of carbonyl (C=O) groups excluding carboxylic acids is 4. The van der Waals surface area contributed by atoms with E-state index in [9.17, 15) is 28.5 Å². The van der Waals surface area contributed by atoms with Crippen molar-refractivity contribution >= 4 is 184 Å². The van der Waals surface area contributed by atoms with Crippen molar-refractivity contribution in [1.82, 2.24) is 19.9 Å². The van der Waals surface area contributed by atoms with Crippen molar-refractivity contribution in [2.24, 2.45) is 27.4 Å². The minimum absolute atomic E-state index is 0. The number of thiol groups is 1. The summed E-state index contributed by atoms with van der Waals surface area (Å²) < 4.78 is 53.7. The first-order valence-electron chi connectivity index (χ1n) is 36.7. The molecule has 125 heavy (non-hydrogen) atoms. The Kier molecular flexibility index (Phi) is 68.9. The van der Waals surface area contributed by atoms with Gasteiger partial charge in [0.25, 0.3) is 5.56 Å². The van der Waals surface area contributed by atoms with Crippen molar-refractivity contribution in [2.45, 2.75) is 125 Å². The van der Waals surface area contributed by atoms with E-state index in [1.165, 1.54) is 52.4 Å². The van der Waals surface area contributed by atoms with Gasteiger partial charge in [-0.1, -0.05) is 93.6 Å². The average Bonchev–Trinajstić information content (AvgIpc) is 0.825. The van der Waals surface area contributed by atoms with Gasteiger partial charge >= 0.3 is 71.5 Å². The zero-order valence-electron chi connectivity index (χ0n) is 73.8. The van der Waals surface area contributed by atoms with E-state index in [-0.39, 0.29) is 85.4 Å². The number of anilines is 2.